The van der Waals surface area contributed by atoms with Crippen LogP contribution in [0.2, 0.25) is 0 Å². The first kappa shape index (κ1) is 14.7. The zero-order chi connectivity index (χ0) is 15.4. The molecule has 0 heterocycles. The lowest BCUT2D eigenvalue weighted by Crippen LogP contribution is -2.40. The molecule has 1 unspecified atom stereocenters. The van der Waals surface area contributed by atoms with Crippen molar-refractivity contribution >= 4 is 0 Å². The van der Waals surface area contributed by atoms with Gasteiger partial charge in [0.15, 0.2) is 0 Å². The van der Waals surface area contributed by atoms with Crippen molar-refractivity contribution in [3.63, 3.8) is 0 Å². The highest BCUT2D eigenvalue weighted by molar-refractivity contribution is 5.54. The van der Waals surface area contributed by atoms with Gasteiger partial charge in [-0.3, -0.25) is 0 Å². The fourth-order valence-electron chi connectivity index (χ4n) is 4.69. The molecule has 1 fully saturated rings. The van der Waals surface area contributed by atoms with E-state index in [0.29, 0.717) is 11.7 Å². The molecule has 1 atom stereocenters. The summed E-state index contributed by atoms with van der Waals surface area (Å²) in [4.78, 5) is 0. The maximum absolute atomic E-state index is 10.5. The minimum Gasteiger partial charge on any atom is -0.508 e. The van der Waals surface area contributed by atoms with Gasteiger partial charge in [-0.25, -0.2) is 0 Å². The fraction of sp³-hybridized carbons (Fsp3) is 0.600. The molecule has 0 aliphatic heterocycles. The van der Waals surface area contributed by atoms with E-state index in [4.69, 9.17) is 0 Å². The third-order valence-electron chi connectivity index (χ3n) is 5.80. The second-order valence-electron chi connectivity index (χ2n) is 8.11. The first-order valence-electron chi connectivity index (χ1n) is 8.33. The maximum atomic E-state index is 10.5. The molecule has 1 aromatic carbocycles. The summed E-state index contributed by atoms with van der Waals surface area (Å²) in [6.07, 6.45) is 7.24. The average molecular weight is 284 g/mol. The van der Waals surface area contributed by atoms with Crippen molar-refractivity contribution in [2.45, 2.75) is 71.6 Å². The topological polar surface area (TPSA) is 20.2 Å². The van der Waals surface area contributed by atoms with Crippen molar-refractivity contribution in [1.29, 1.82) is 0 Å². The van der Waals surface area contributed by atoms with Crippen LogP contribution in [-0.2, 0) is 11.8 Å². The zero-order valence-corrected chi connectivity index (χ0v) is 14.1. The largest absolute Gasteiger partial charge is 0.508 e. The van der Waals surface area contributed by atoms with E-state index in [9.17, 15) is 5.11 Å². The van der Waals surface area contributed by atoms with Crippen LogP contribution < -0.4 is 0 Å². The number of hydrogen-bond donors (Lipinski definition) is 1. The fourth-order valence-corrected chi connectivity index (χ4v) is 4.69. The predicted molar refractivity (Wildman–Crippen MR) is 89.0 cm³/mol. The van der Waals surface area contributed by atoms with Crippen molar-refractivity contribution in [3.05, 3.63) is 40.5 Å². The first-order valence-corrected chi connectivity index (χ1v) is 8.33. The first-order chi connectivity index (χ1) is 9.75. The Kier molecular flexibility index (Phi) is 3.24. The lowest BCUT2D eigenvalue weighted by Gasteiger charge is -2.49. The molecule has 0 bridgehead atoms. The van der Waals surface area contributed by atoms with Crippen LogP contribution in [0.3, 0.4) is 0 Å². The van der Waals surface area contributed by atoms with Crippen LogP contribution in [0, 0.1) is 5.41 Å². The van der Waals surface area contributed by atoms with Gasteiger partial charge in [-0.1, -0.05) is 58.8 Å². The molecule has 0 spiro atoms. The molecular weight excluding hydrogens is 256 g/mol. The number of hydrogen-bond acceptors (Lipinski definition) is 1. The molecule has 1 nitrogen and oxygen atoms in total. The van der Waals surface area contributed by atoms with E-state index in [1.165, 1.54) is 30.4 Å². The van der Waals surface area contributed by atoms with Gasteiger partial charge in [0, 0.05) is 5.41 Å². The normalized spacial score (nSPS) is 27.0. The highest BCUT2D eigenvalue weighted by Gasteiger charge is 2.45. The van der Waals surface area contributed by atoms with E-state index >= 15 is 0 Å². The van der Waals surface area contributed by atoms with Gasteiger partial charge in [0.25, 0.3) is 0 Å². The second kappa shape index (κ2) is 4.63. The Balaban J connectivity index is 2.16. The molecule has 0 saturated heterocycles. The SMILES string of the molecule is CC(C)c1cc2c(cc1O)C1(C)CCCC(C)(C)C1=CC2. The highest BCUT2D eigenvalue weighted by atomic mass is 16.3. The molecule has 0 amide bonds. The number of aromatic hydroxyl groups is 1. The lowest BCUT2D eigenvalue weighted by molar-refractivity contribution is 0.253. The Hall–Kier alpha value is -1.24. The molecule has 2 aliphatic carbocycles. The number of fused-ring (bicyclic) bond motifs is 3. The number of allylic oxidation sites excluding steroid dienone is 2. The van der Waals surface area contributed by atoms with Crippen LogP contribution in [0.5, 0.6) is 5.75 Å². The Morgan fingerprint density at radius 2 is 1.81 bits per heavy atom. The Bertz CT molecular complexity index is 607. The van der Waals surface area contributed by atoms with Gasteiger partial charge in [-0.15, -0.1) is 0 Å². The van der Waals surface area contributed by atoms with E-state index in [2.05, 4.69) is 52.8 Å². The average Bonchev–Trinajstić information content (AvgIpc) is 2.37. The monoisotopic (exact) mass is 284 g/mol. The molecular formula is C20H28O. The van der Waals surface area contributed by atoms with Crippen molar-refractivity contribution < 1.29 is 5.11 Å². The number of phenols is 1. The molecule has 0 radical (unpaired) electrons. The molecule has 1 heteroatoms. The van der Waals surface area contributed by atoms with E-state index in [1.807, 2.05) is 0 Å². The molecule has 114 valence electrons. The van der Waals surface area contributed by atoms with E-state index < -0.39 is 0 Å². The Morgan fingerprint density at radius 3 is 2.48 bits per heavy atom. The van der Waals surface area contributed by atoms with Crippen LogP contribution in [0.1, 0.15) is 76.5 Å². The smallest absolute Gasteiger partial charge is 0.119 e. The number of benzene rings is 1. The van der Waals surface area contributed by atoms with Crippen molar-refractivity contribution in [3.8, 4) is 5.75 Å². The Labute approximate surface area is 129 Å². The standard InChI is InChI=1S/C20H28O/c1-13(2)15-11-14-7-8-18-19(3,4)9-6-10-20(18,5)16(14)12-17(15)21/h8,11-13,21H,6-7,9-10H2,1-5H3. The molecule has 0 aromatic heterocycles. The molecule has 1 aromatic rings. The van der Waals surface area contributed by atoms with Crippen LogP contribution in [0.15, 0.2) is 23.8 Å². The van der Waals surface area contributed by atoms with Gasteiger partial charge >= 0.3 is 0 Å². The lowest BCUT2D eigenvalue weighted by atomic mass is 9.55. The third kappa shape index (κ3) is 2.13. The summed E-state index contributed by atoms with van der Waals surface area (Å²) in [5.41, 5.74) is 5.86. The summed E-state index contributed by atoms with van der Waals surface area (Å²) >= 11 is 0. The molecule has 2 aliphatic rings. The third-order valence-corrected chi connectivity index (χ3v) is 5.80. The van der Waals surface area contributed by atoms with E-state index in [0.717, 1.165) is 12.0 Å². The van der Waals surface area contributed by atoms with E-state index in [-0.39, 0.29) is 10.8 Å². The van der Waals surface area contributed by atoms with Crippen molar-refractivity contribution in [2.24, 2.45) is 5.41 Å². The summed E-state index contributed by atoms with van der Waals surface area (Å²) in [6, 6.07) is 4.31. The van der Waals surface area contributed by atoms with Crippen LogP contribution in [-0.4, -0.2) is 5.11 Å². The quantitative estimate of drug-likeness (QED) is 0.678. The summed E-state index contributed by atoms with van der Waals surface area (Å²) in [5.74, 6) is 0.853. The number of rotatable bonds is 1. The van der Waals surface area contributed by atoms with Crippen molar-refractivity contribution in [2.75, 3.05) is 0 Å². The minimum absolute atomic E-state index is 0.113. The van der Waals surface area contributed by atoms with Crippen LogP contribution in [0.4, 0.5) is 0 Å². The number of phenolic OH excluding ortho intramolecular Hbond substituents is 1. The summed E-state index contributed by atoms with van der Waals surface area (Å²) in [7, 11) is 0. The molecule has 3 rings (SSSR count). The van der Waals surface area contributed by atoms with Gasteiger partial charge in [-0.05, 0) is 53.4 Å². The second-order valence-corrected chi connectivity index (χ2v) is 8.11. The Morgan fingerprint density at radius 1 is 1.10 bits per heavy atom. The van der Waals surface area contributed by atoms with Gasteiger partial charge in [0.05, 0.1) is 0 Å². The van der Waals surface area contributed by atoms with Crippen LogP contribution in [0.25, 0.3) is 0 Å². The summed E-state index contributed by atoms with van der Waals surface area (Å²) < 4.78 is 0. The summed E-state index contributed by atoms with van der Waals surface area (Å²) in [6.45, 7) is 11.4. The van der Waals surface area contributed by atoms with Gasteiger partial charge < -0.3 is 5.11 Å². The van der Waals surface area contributed by atoms with Gasteiger partial charge in [0.2, 0.25) is 0 Å². The zero-order valence-electron chi connectivity index (χ0n) is 14.1. The summed E-state index contributed by atoms with van der Waals surface area (Å²) in [5, 5.41) is 10.5. The van der Waals surface area contributed by atoms with Gasteiger partial charge in [-0.2, -0.15) is 0 Å². The van der Waals surface area contributed by atoms with E-state index in [1.54, 1.807) is 5.57 Å². The highest BCUT2D eigenvalue weighted by Crippen LogP contribution is 2.55. The molecule has 1 N–H and O–H groups in total. The maximum Gasteiger partial charge on any atom is 0.119 e. The van der Waals surface area contributed by atoms with Gasteiger partial charge in [0.1, 0.15) is 5.75 Å². The predicted octanol–water partition coefficient (Wildman–Crippen LogP) is 5.47. The van der Waals surface area contributed by atoms with Crippen molar-refractivity contribution in [1.82, 2.24) is 0 Å². The minimum atomic E-state index is 0.113. The molecule has 21 heavy (non-hydrogen) atoms. The molecule has 1 saturated carbocycles. The van der Waals surface area contributed by atoms with Crippen LogP contribution >= 0.6 is 0 Å².